The molecule has 4 heteroatoms. The maximum absolute atomic E-state index is 12.6. The summed E-state index contributed by atoms with van der Waals surface area (Å²) in [6.45, 7) is 0.439. The molecule has 0 radical (unpaired) electrons. The van der Waals surface area contributed by atoms with Crippen LogP contribution in [0.4, 0.5) is 4.39 Å². The molecule has 2 heterocycles. The third-order valence-corrected chi connectivity index (χ3v) is 2.48. The molecule has 2 rings (SSSR count). The summed E-state index contributed by atoms with van der Waals surface area (Å²) < 4.78 is 17.9. The second kappa shape index (κ2) is 4.19. The molecule has 0 unspecified atom stereocenters. The Morgan fingerprint density at radius 3 is 2.93 bits per heavy atom. The second-order valence-corrected chi connectivity index (χ2v) is 3.70. The lowest BCUT2D eigenvalue weighted by Crippen LogP contribution is -1.95. The number of hydrogen-bond acceptors (Lipinski definition) is 3. The monoisotopic (exact) mass is 209 g/mol. The van der Waals surface area contributed by atoms with Gasteiger partial charge in [0.2, 0.25) is 11.8 Å². The summed E-state index contributed by atoms with van der Waals surface area (Å²) in [5.74, 6) is -0.202. The van der Waals surface area contributed by atoms with E-state index in [2.05, 4.69) is 4.98 Å². The van der Waals surface area contributed by atoms with Crippen LogP contribution in [0.3, 0.4) is 0 Å². The van der Waals surface area contributed by atoms with Gasteiger partial charge in [0.15, 0.2) is 0 Å². The summed E-state index contributed by atoms with van der Waals surface area (Å²) in [6, 6.07) is 8.41. The van der Waals surface area contributed by atoms with E-state index in [1.807, 2.05) is 17.5 Å². The molecule has 0 aliphatic carbocycles. The van der Waals surface area contributed by atoms with E-state index in [0.717, 1.165) is 4.88 Å². The van der Waals surface area contributed by atoms with Gasteiger partial charge in [-0.2, -0.15) is 9.37 Å². The summed E-state index contributed by atoms with van der Waals surface area (Å²) >= 11 is 1.60. The Morgan fingerprint density at radius 2 is 2.21 bits per heavy atom. The molecule has 0 saturated carbocycles. The minimum Gasteiger partial charge on any atom is -0.472 e. The molecule has 14 heavy (non-hydrogen) atoms. The Labute approximate surface area is 85.0 Å². The van der Waals surface area contributed by atoms with Crippen LogP contribution in [-0.4, -0.2) is 4.98 Å². The van der Waals surface area contributed by atoms with Crippen molar-refractivity contribution < 1.29 is 9.13 Å². The zero-order valence-electron chi connectivity index (χ0n) is 7.31. The summed E-state index contributed by atoms with van der Waals surface area (Å²) in [5, 5.41) is 1.97. The van der Waals surface area contributed by atoms with Gasteiger partial charge in [-0.3, -0.25) is 0 Å². The minimum absolute atomic E-state index is 0.318. The van der Waals surface area contributed by atoms with E-state index in [9.17, 15) is 4.39 Å². The van der Waals surface area contributed by atoms with Crippen molar-refractivity contribution in [3.8, 4) is 5.88 Å². The zero-order valence-corrected chi connectivity index (χ0v) is 8.13. The second-order valence-electron chi connectivity index (χ2n) is 2.67. The molecule has 2 nitrogen and oxygen atoms in total. The number of ether oxygens (including phenoxy) is 1. The van der Waals surface area contributed by atoms with Crippen LogP contribution in [0.15, 0.2) is 35.7 Å². The number of aromatic nitrogens is 1. The molecule has 72 valence electrons. The third-order valence-electron chi connectivity index (χ3n) is 1.63. The Kier molecular flexibility index (Phi) is 2.74. The highest BCUT2D eigenvalue weighted by molar-refractivity contribution is 7.09. The SMILES string of the molecule is Fc1cccc(OCc2cccs2)n1. The summed E-state index contributed by atoms with van der Waals surface area (Å²) in [7, 11) is 0. The van der Waals surface area contributed by atoms with Crippen LogP contribution in [-0.2, 0) is 6.61 Å². The van der Waals surface area contributed by atoms with Crippen molar-refractivity contribution in [1.82, 2.24) is 4.98 Å². The van der Waals surface area contributed by atoms with Crippen LogP contribution in [0.5, 0.6) is 5.88 Å². The van der Waals surface area contributed by atoms with Crippen molar-refractivity contribution in [2.24, 2.45) is 0 Å². The molecule has 0 atom stereocenters. The Hall–Kier alpha value is -1.42. The summed E-state index contributed by atoms with van der Waals surface area (Å²) in [5.41, 5.74) is 0. The number of halogens is 1. The fraction of sp³-hybridized carbons (Fsp3) is 0.100. The Balaban J connectivity index is 1.98. The molecule has 0 fully saturated rings. The van der Waals surface area contributed by atoms with Crippen molar-refractivity contribution in [1.29, 1.82) is 0 Å². The van der Waals surface area contributed by atoms with E-state index < -0.39 is 5.95 Å². The number of thiophene rings is 1. The van der Waals surface area contributed by atoms with Crippen molar-refractivity contribution >= 4 is 11.3 Å². The first-order valence-electron chi connectivity index (χ1n) is 4.12. The molecule has 0 aliphatic rings. The fourth-order valence-corrected chi connectivity index (χ4v) is 1.63. The smallest absolute Gasteiger partial charge is 0.216 e. The van der Waals surface area contributed by atoms with E-state index in [-0.39, 0.29) is 0 Å². The number of rotatable bonds is 3. The normalized spacial score (nSPS) is 10.1. The first kappa shape index (κ1) is 9.15. The lowest BCUT2D eigenvalue weighted by molar-refractivity contribution is 0.292. The van der Waals surface area contributed by atoms with Crippen molar-refractivity contribution in [3.05, 3.63) is 46.5 Å². The van der Waals surface area contributed by atoms with Gasteiger partial charge in [0, 0.05) is 10.9 Å². The molecule has 2 aromatic heterocycles. The fourth-order valence-electron chi connectivity index (χ4n) is 1.01. The molecule has 0 N–H and O–H groups in total. The lowest BCUT2D eigenvalue weighted by atomic mass is 10.5. The molecule has 0 bridgehead atoms. The van der Waals surface area contributed by atoms with Gasteiger partial charge < -0.3 is 4.74 Å². The van der Waals surface area contributed by atoms with Gasteiger partial charge in [-0.15, -0.1) is 11.3 Å². The predicted molar refractivity (Wildman–Crippen MR) is 52.8 cm³/mol. The van der Waals surface area contributed by atoms with Gasteiger partial charge in [-0.05, 0) is 17.5 Å². The van der Waals surface area contributed by atoms with Crippen LogP contribution < -0.4 is 4.74 Å². The molecule has 2 aromatic rings. The van der Waals surface area contributed by atoms with Crippen molar-refractivity contribution in [3.63, 3.8) is 0 Å². The summed E-state index contributed by atoms with van der Waals surface area (Å²) in [4.78, 5) is 4.68. The molecule has 0 amide bonds. The molecular weight excluding hydrogens is 201 g/mol. The first-order valence-corrected chi connectivity index (χ1v) is 5.00. The predicted octanol–water partition coefficient (Wildman–Crippen LogP) is 2.86. The first-order chi connectivity index (χ1) is 6.84. The zero-order chi connectivity index (χ0) is 9.80. The van der Waals surface area contributed by atoms with Crippen LogP contribution in [0, 0.1) is 5.95 Å². The highest BCUT2D eigenvalue weighted by atomic mass is 32.1. The third kappa shape index (κ3) is 2.29. The van der Waals surface area contributed by atoms with Crippen LogP contribution >= 0.6 is 11.3 Å². The van der Waals surface area contributed by atoms with Gasteiger partial charge in [0.25, 0.3) is 0 Å². The summed E-state index contributed by atoms with van der Waals surface area (Å²) in [6.07, 6.45) is 0. The average molecular weight is 209 g/mol. The average Bonchev–Trinajstić information content (AvgIpc) is 2.67. The van der Waals surface area contributed by atoms with Crippen LogP contribution in [0.2, 0.25) is 0 Å². The highest BCUT2D eigenvalue weighted by Gasteiger charge is 1.98. The van der Waals surface area contributed by atoms with Gasteiger partial charge in [-0.1, -0.05) is 12.1 Å². The highest BCUT2D eigenvalue weighted by Crippen LogP contribution is 2.13. The maximum atomic E-state index is 12.6. The quantitative estimate of drug-likeness (QED) is 0.725. The maximum Gasteiger partial charge on any atom is 0.216 e. The van der Waals surface area contributed by atoms with E-state index >= 15 is 0 Å². The Bertz CT molecular complexity index is 402. The van der Waals surface area contributed by atoms with Crippen LogP contribution in [0.1, 0.15) is 4.88 Å². The number of nitrogens with zero attached hydrogens (tertiary/aromatic N) is 1. The number of hydrogen-bond donors (Lipinski definition) is 0. The van der Waals surface area contributed by atoms with Gasteiger partial charge in [0.05, 0.1) is 0 Å². The van der Waals surface area contributed by atoms with Crippen molar-refractivity contribution in [2.45, 2.75) is 6.61 Å². The largest absolute Gasteiger partial charge is 0.472 e. The van der Waals surface area contributed by atoms with Crippen LogP contribution in [0.25, 0.3) is 0 Å². The van der Waals surface area contributed by atoms with Crippen molar-refractivity contribution in [2.75, 3.05) is 0 Å². The molecular formula is C10H8FNOS. The van der Waals surface area contributed by atoms with E-state index in [4.69, 9.17) is 4.74 Å². The standard InChI is InChI=1S/C10H8FNOS/c11-9-4-1-5-10(12-9)13-7-8-3-2-6-14-8/h1-6H,7H2. The molecule has 0 aromatic carbocycles. The van der Waals surface area contributed by atoms with E-state index in [0.29, 0.717) is 12.5 Å². The van der Waals surface area contributed by atoms with E-state index in [1.165, 1.54) is 6.07 Å². The minimum atomic E-state index is -0.520. The van der Waals surface area contributed by atoms with Gasteiger partial charge >= 0.3 is 0 Å². The number of pyridine rings is 1. The Morgan fingerprint density at radius 1 is 1.29 bits per heavy atom. The van der Waals surface area contributed by atoms with Gasteiger partial charge in [0.1, 0.15) is 6.61 Å². The molecule has 0 spiro atoms. The topological polar surface area (TPSA) is 22.1 Å². The molecule has 0 saturated heterocycles. The van der Waals surface area contributed by atoms with Gasteiger partial charge in [-0.25, -0.2) is 0 Å². The lowest BCUT2D eigenvalue weighted by Gasteiger charge is -2.02. The van der Waals surface area contributed by atoms with E-state index in [1.54, 1.807) is 23.5 Å². The molecule has 0 aliphatic heterocycles.